The number of hydrogen-bond donors (Lipinski definition) is 4. The number of rotatable bonds is 3. The second-order valence-corrected chi connectivity index (χ2v) is 17.1. The maximum Gasteiger partial charge on any atom is 0.130 e. The molecule has 3 aliphatic heterocycles. The summed E-state index contributed by atoms with van der Waals surface area (Å²) < 4.78 is 0. The van der Waals surface area contributed by atoms with Gasteiger partial charge < -0.3 is 17.1 Å². The molecule has 51 heavy (non-hydrogen) atoms. The van der Waals surface area contributed by atoms with E-state index in [-0.39, 0.29) is 63.2 Å². The first kappa shape index (κ1) is 43.0. The average molecular weight is 1250 g/mol. The van der Waals surface area contributed by atoms with Gasteiger partial charge in [-0.25, -0.2) is 24.3 Å². The number of aryl methyl sites for hydroxylation is 3. The molecule has 6 unspecified atom stereocenters. The zero-order chi connectivity index (χ0) is 33.4. The zero-order valence-corrected chi connectivity index (χ0v) is 41.1. The van der Waals surface area contributed by atoms with Crippen LogP contribution in [-0.2, 0) is 63.2 Å². The number of thiophene rings is 3. The molecule has 1 saturated carbocycles. The van der Waals surface area contributed by atoms with E-state index in [9.17, 15) is 0 Å². The molecule has 3 aliphatic carbocycles. The smallest absolute Gasteiger partial charge is 0.130 e. The summed E-state index contributed by atoms with van der Waals surface area (Å²) in [5.41, 5.74) is 7.82. The van der Waals surface area contributed by atoms with E-state index in [4.69, 9.17) is 0 Å². The Kier molecular flexibility index (Phi) is 16.2. The van der Waals surface area contributed by atoms with Crippen molar-refractivity contribution in [3.05, 3.63) is 108 Å². The summed E-state index contributed by atoms with van der Waals surface area (Å²) in [5.74, 6) is 0.953. The van der Waals surface area contributed by atoms with Crippen LogP contribution in [0.1, 0.15) is 62.4 Å². The Hall–Kier alpha value is -0.695. The maximum absolute atomic E-state index is 4.57. The van der Waals surface area contributed by atoms with Gasteiger partial charge in [-0.05, 0) is 66.9 Å². The number of nitrogens with zero attached hydrogens (tertiary/aromatic N) is 2. The molecular formula is C39H45N6S3W3-3. The van der Waals surface area contributed by atoms with Crippen LogP contribution >= 0.6 is 34.0 Å². The van der Waals surface area contributed by atoms with Gasteiger partial charge in [0.25, 0.3) is 0 Å². The van der Waals surface area contributed by atoms with Crippen molar-refractivity contribution in [3.8, 4) is 0 Å². The van der Waals surface area contributed by atoms with E-state index in [0.717, 1.165) is 19.8 Å². The topological polar surface area (TPSA) is 72.8 Å². The molecule has 0 radical (unpaired) electrons. The van der Waals surface area contributed by atoms with Crippen molar-refractivity contribution >= 4 is 56.6 Å². The minimum absolute atomic E-state index is 0. The minimum Gasteiger partial charge on any atom is -0.319 e. The van der Waals surface area contributed by atoms with Crippen LogP contribution in [0.25, 0.3) is 11.1 Å². The first-order valence-electron chi connectivity index (χ1n) is 16.9. The van der Waals surface area contributed by atoms with Gasteiger partial charge in [0.15, 0.2) is 0 Å². The molecule has 9 rings (SSSR count). The number of hydrogen-bond acceptors (Lipinski definition) is 9. The molecule has 2 saturated heterocycles. The molecule has 4 N–H and O–H groups in total. The van der Waals surface area contributed by atoms with E-state index in [1.165, 1.54) is 63.0 Å². The van der Waals surface area contributed by atoms with E-state index < -0.39 is 0 Å². The Bertz CT molecular complexity index is 1760. The van der Waals surface area contributed by atoms with Crippen LogP contribution in [0.2, 0.25) is 0 Å². The molecule has 6 nitrogen and oxygen atoms in total. The van der Waals surface area contributed by atoms with E-state index >= 15 is 0 Å². The van der Waals surface area contributed by atoms with Gasteiger partial charge in [-0.1, -0.05) is 32.9 Å². The van der Waals surface area contributed by atoms with Crippen molar-refractivity contribution in [2.75, 3.05) is 20.0 Å². The van der Waals surface area contributed by atoms with Crippen molar-refractivity contribution < 1.29 is 63.2 Å². The molecular weight excluding hydrogens is 1200 g/mol. The fraction of sp³-hybridized carbons (Fsp3) is 0.410. The molecule has 6 heterocycles. The van der Waals surface area contributed by atoms with Gasteiger partial charge in [0.05, 0.1) is 5.71 Å². The summed E-state index contributed by atoms with van der Waals surface area (Å²) in [5, 5.41) is 14.0. The van der Waals surface area contributed by atoms with Crippen LogP contribution in [0.3, 0.4) is 0 Å². The summed E-state index contributed by atoms with van der Waals surface area (Å²) in [6.45, 7) is 15.4. The van der Waals surface area contributed by atoms with Crippen LogP contribution in [0.4, 0.5) is 0 Å². The van der Waals surface area contributed by atoms with Crippen molar-refractivity contribution in [1.29, 1.82) is 0 Å². The third-order valence-corrected chi connectivity index (χ3v) is 13.1. The Morgan fingerprint density at radius 2 is 1.10 bits per heavy atom. The Labute approximate surface area is 359 Å². The first-order chi connectivity index (χ1) is 23.3. The molecule has 6 atom stereocenters. The Morgan fingerprint density at radius 3 is 1.57 bits per heavy atom. The monoisotopic (exact) mass is 1250 g/mol. The molecule has 0 spiro atoms. The second kappa shape index (κ2) is 19.3. The van der Waals surface area contributed by atoms with Crippen LogP contribution in [0, 0.1) is 45.3 Å². The number of allylic oxidation sites excluding steroid dienone is 4. The molecule has 270 valence electrons. The van der Waals surface area contributed by atoms with Crippen molar-refractivity contribution in [1.82, 2.24) is 21.3 Å². The van der Waals surface area contributed by atoms with Crippen molar-refractivity contribution in [3.63, 3.8) is 0 Å². The van der Waals surface area contributed by atoms with Gasteiger partial charge in [0.2, 0.25) is 0 Å². The van der Waals surface area contributed by atoms with E-state index in [0.29, 0.717) is 42.7 Å². The van der Waals surface area contributed by atoms with Gasteiger partial charge in [-0.3, -0.25) is 20.6 Å². The van der Waals surface area contributed by atoms with Gasteiger partial charge >= 0.3 is 0 Å². The molecule has 0 bridgehead atoms. The molecule has 0 amide bonds. The first-order valence-corrected chi connectivity index (χ1v) is 19.4. The van der Waals surface area contributed by atoms with Gasteiger partial charge in [0.1, 0.15) is 6.67 Å². The van der Waals surface area contributed by atoms with Crippen LogP contribution < -0.4 is 21.3 Å². The van der Waals surface area contributed by atoms with Crippen molar-refractivity contribution in [2.24, 2.45) is 15.9 Å². The van der Waals surface area contributed by atoms with Crippen molar-refractivity contribution in [2.45, 2.75) is 78.0 Å². The Balaban J connectivity index is 0.000000167. The molecule has 3 aromatic heterocycles. The predicted octanol–water partition coefficient (Wildman–Crippen LogP) is 7.41. The van der Waals surface area contributed by atoms with Crippen LogP contribution in [0.15, 0.2) is 69.7 Å². The summed E-state index contributed by atoms with van der Waals surface area (Å²) in [6.07, 6.45) is 14.5. The van der Waals surface area contributed by atoms with E-state index in [1.54, 1.807) is 0 Å². The summed E-state index contributed by atoms with van der Waals surface area (Å²) in [4.78, 5) is 17.4. The fourth-order valence-corrected chi connectivity index (χ4v) is 10.1. The minimum atomic E-state index is 0. The predicted molar refractivity (Wildman–Crippen MR) is 206 cm³/mol. The SMILES string of the molecule is CC1=[C-]C=C(c2ccc(C)s2)C2NCNC12.CC1=[C-]C=C(c2ccc(C)s2)C2NCNC12.Cc1ccc(C2C[CH-]C(C)C3=NCN=C32)s1.[W].[W].[W]. The summed E-state index contributed by atoms with van der Waals surface area (Å²) >= 11 is 5.61. The Morgan fingerprint density at radius 1 is 0.627 bits per heavy atom. The molecule has 3 fully saturated rings. The molecule has 3 aromatic rings. The second-order valence-electron chi connectivity index (χ2n) is 13.2. The third-order valence-electron chi connectivity index (χ3n) is 9.85. The van der Waals surface area contributed by atoms with Crippen LogP contribution in [-0.4, -0.2) is 55.6 Å². The van der Waals surface area contributed by atoms with E-state index in [2.05, 4.69) is 140 Å². The third kappa shape index (κ3) is 9.58. The number of aliphatic imine (C=N–C) groups is 2. The largest absolute Gasteiger partial charge is 0.319 e. The zero-order valence-electron chi connectivity index (χ0n) is 29.8. The summed E-state index contributed by atoms with van der Waals surface area (Å²) in [6, 6.07) is 14.9. The standard InChI is InChI=1S/3C13H15N2S.3W/c3*1-8-3-5-10(11-6-4-9(2)16-11)13-12(8)14-7-15-13;;;/h2*4-6,12-15H,7H2,1-2H3;3-4,6,8,10H,5,7H2,1-2H3;;;/q3*-1;;;. The molecule has 6 aliphatic rings. The normalized spacial score (nSPS) is 26.9. The van der Waals surface area contributed by atoms with Gasteiger partial charge in [0, 0.05) is 120 Å². The fourth-order valence-electron chi connectivity index (χ4n) is 7.26. The van der Waals surface area contributed by atoms with Gasteiger partial charge in [-0.15, -0.1) is 28.4 Å². The van der Waals surface area contributed by atoms with Crippen LogP contribution in [0.5, 0.6) is 0 Å². The quantitative estimate of drug-likeness (QED) is 0.207. The average Bonchev–Trinajstić information content (AvgIpc) is 3.91. The molecule has 12 heteroatoms. The number of nitrogens with one attached hydrogen (secondary N) is 4. The maximum atomic E-state index is 4.57. The van der Waals surface area contributed by atoms with E-state index in [1.807, 2.05) is 34.0 Å². The van der Waals surface area contributed by atoms with Gasteiger partial charge in [-0.2, -0.15) is 40.2 Å². The number of fused-ring (bicyclic) bond motifs is 3. The summed E-state index contributed by atoms with van der Waals surface area (Å²) in [7, 11) is 0. The molecule has 0 aromatic carbocycles.